The molecule has 104 valence electrons. The van der Waals surface area contributed by atoms with Crippen molar-refractivity contribution in [3.05, 3.63) is 29.8 Å². The van der Waals surface area contributed by atoms with Crippen LogP contribution in [0.5, 0.6) is 5.75 Å². The van der Waals surface area contributed by atoms with Gasteiger partial charge in [0.2, 0.25) is 5.91 Å². The molecule has 1 aromatic carbocycles. The molecule has 1 saturated heterocycles. The van der Waals surface area contributed by atoms with Gasteiger partial charge in [-0.15, -0.1) is 0 Å². The molecular formula is C14H21N3O2. The van der Waals surface area contributed by atoms with Crippen molar-refractivity contribution in [2.75, 3.05) is 26.7 Å². The van der Waals surface area contributed by atoms with Crippen molar-refractivity contribution in [3.8, 4) is 5.75 Å². The van der Waals surface area contributed by atoms with E-state index in [1.807, 2.05) is 24.3 Å². The van der Waals surface area contributed by atoms with Crippen LogP contribution in [0.25, 0.3) is 0 Å². The summed E-state index contributed by atoms with van der Waals surface area (Å²) < 4.78 is 5.25. The molecule has 0 aliphatic carbocycles. The second kappa shape index (κ2) is 6.54. The van der Waals surface area contributed by atoms with Gasteiger partial charge in [-0.3, -0.25) is 9.69 Å². The quantitative estimate of drug-likeness (QED) is 0.804. The molecule has 1 aromatic rings. The van der Waals surface area contributed by atoms with Crippen LogP contribution in [-0.2, 0) is 11.3 Å². The number of rotatable bonds is 5. The Bertz CT molecular complexity index is 436. The average molecular weight is 263 g/mol. The molecule has 0 radical (unpaired) electrons. The van der Waals surface area contributed by atoms with Crippen LogP contribution >= 0.6 is 0 Å². The Hall–Kier alpha value is -1.59. The fourth-order valence-electron chi connectivity index (χ4n) is 2.31. The number of nitrogens with zero attached hydrogens (tertiary/aromatic N) is 1. The number of nitrogens with two attached hydrogens (primary N) is 1. The number of likely N-dealkylation sites (tertiary alicyclic amines) is 1. The Morgan fingerprint density at radius 1 is 1.53 bits per heavy atom. The Kier molecular flexibility index (Phi) is 4.76. The molecule has 1 atom stereocenters. The Balaban J connectivity index is 1.80. The van der Waals surface area contributed by atoms with Gasteiger partial charge in [-0.1, -0.05) is 18.2 Å². The molecule has 1 amide bonds. The summed E-state index contributed by atoms with van der Waals surface area (Å²) in [5, 5.41) is 2.91. The molecule has 5 heteroatoms. The summed E-state index contributed by atoms with van der Waals surface area (Å²) in [5.74, 6) is 0.825. The van der Waals surface area contributed by atoms with Crippen LogP contribution in [0.4, 0.5) is 0 Å². The van der Waals surface area contributed by atoms with Crippen LogP contribution in [0.15, 0.2) is 24.3 Å². The van der Waals surface area contributed by atoms with E-state index in [0.717, 1.165) is 30.8 Å². The fourth-order valence-corrected chi connectivity index (χ4v) is 2.31. The molecule has 0 bridgehead atoms. The molecule has 1 heterocycles. The maximum absolute atomic E-state index is 11.8. The number of carbonyl (C=O) groups is 1. The molecule has 0 saturated carbocycles. The first-order valence-corrected chi connectivity index (χ1v) is 6.55. The third kappa shape index (κ3) is 3.94. The Morgan fingerprint density at radius 2 is 2.32 bits per heavy atom. The zero-order valence-corrected chi connectivity index (χ0v) is 11.3. The highest BCUT2D eigenvalue weighted by molar-refractivity contribution is 5.78. The van der Waals surface area contributed by atoms with Crippen molar-refractivity contribution in [3.63, 3.8) is 0 Å². The molecular weight excluding hydrogens is 242 g/mol. The van der Waals surface area contributed by atoms with Crippen LogP contribution < -0.4 is 15.8 Å². The molecule has 0 aromatic heterocycles. The lowest BCUT2D eigenvalue weighted by Crippen LogP contribution is -2.37. The van der Waals surface area contributed by atoms with E-state index >= 15 is 0 Å². The SMILES string of the molecule is COc1ccccc1CNC(=O)CN1CC[C@@H](N)C1. The monoisotopic (exact) mass is 263 g/mol. The molecule has 5 nitrogen and oxygen atoms in total. The third-order valence-electron chi connectivity index (χ3n) is 3.34. The van der Waals surface area contributed by atoms with Gasteiger partial charge in [-0.05, 0) is 12.5 Å². The summed E-state index contributed by atoms with van der Waals surface area (Å²) >= 11 is 0. The number of para-hydroxylation sites is 1. The predicted octanol–water partition coefficient (Wildman–Crippen LogP) is 0.344. The third-order valence-corrected chi connectivity index (χ3v) is 3.34. The summed E-state index contributed by atoms with van der Waals surface area (Å²) in [6.45, 7) is 2.62. The maximum Gasteiger partial charge on any atom is 0.234 e. The fraction of sp³-hybridized carbons (Fsp3) is 0.500. The molecule has 2 rings (SSSR count). The topological polar surface area (TPSA) is 67.6 Å². The van der Waals surface area contributed by atoms with Crippen LogP contribution in [0.2, 0.25) is 0 Å². The summed E-state index contributed by atoms with van der Waals surface area (Å²) in [6.07, 6.45) is 0.972. The number of carbonyl (C=O) groups excluding carboxylic acids is 1. The Labute approximate surface area is 113 Å². The summed E-state index contributed by atoms with van der Waals surface area (Å²) in [4.78, 5) is 13.9. The second-order valence-corrected chi connectivity index (χ2v) is 4.87. The van der Waals surface area contributed by atoms with Crippen molar-refractivity contribution in [2.45, 2.75) is 19.0 Å². The van der Waals surface area contributed by atoms with Crippen LogP contribution in [-0.4, -0.2) is 43.6 Å². The first-order chi connectivity index (χ1) is 9.19. The number of nitrogens with one attached hydrogen (secondary N) is 1. The van der Waals surface area contributed by atoms with Gasteiger partial charge in [0.05, 0.1) is 13.7 Å². The van der Waals surface area contributed by atoms with Gasteiger partial charge in [0, 0.05) is 31.2 Å². The van der Waals surface area contributed by atoms with Gasteiger partial charge in [-0.2, -0.15) is 0 Å². The van der Waals surface area contributed by atoms with Crippen LogP contribution in [0.1, 0.15) is 12.0 Å². The van der Waals surface area contributed by atoms with Crippen molar-refractivity contribution < 1.29 is 9.53 Å². The van der Waals surface area contributed by atoms with E-state index in [1.165, 1.54) is 0 Å². The number of hydrogen-bond acceptors (Lipinski definition) is 4. The van der Waals surface area contributed by atoms with E-state index in [0.29, 0.717) is 13.1 Å². The molecule has 1 aliphatic heterocycles. The molecule has 3 N–H and O–H groups in total. The molecule has 19 heavy (non-hydrogen) atoms. The summed E-state index contributed by atoms with van der Waals surface area (Å²) in [6, 6.07) is 7.90. The lowest BCUT2D eigenvalue weighted by atomic mass is 10.2. The van der Waals surface area contributed by atoms with Crippen LogP contribution in [0.3, 0.4) is 0 Å². The lowest BCUT2D eigenvalue weighted by molar-refractivity contribution is -0.122. The number of benzene rings is 1. The van der Waals surface area contributed by atoms with Gasteiger partial charge < -0.3 is 15.8 Å². The van der Waals surface area contributed by atoms with E-state index in [1.54, 1.807) is 7.11 Å². The maximum atomic E-state index is 11.8. The van der Waals surface area contributed by atoms with Crippen molar-refractivity contribution in [1.82, 2.24) is 10.2 Å². The zero-order chi connectivity index (χ0) is 13.7. The van der Waals surface area contributed by atoms with E-state index in [2.05, 4.69) is 10.2 Å². The molecule has 0 unspecified atom stereocenters. The standard InChI is InChI=1S/C14H21N3O2/c1-19-13-5-3-2-4-11(13)8-16-14(18)10-17-7-6-12(15)9-17/h2-5,12H,6-10,15H2,1H3,(H,16,18)/t12-/m1/s1. The van der Waals surface area contributed by atoms with E-state index < -0.39 is 0 Å². The van der Waals surface area contributed by atoms with Crippen LogP contribution in [0, 0.1) is 0 Å². The smallest absolute Gasteiger partial charge is 0.234 e. The summed E-state index contributed by atoms with van der Waals surface area (Å²) in [7, 11) is 1.63. The molecule has 1 aliphatic rings. The Morgan fingerprint density at radius 3 is 3.00 bits per heavy atom. The highest BCUT2D eigenvalue weighted by Crippen LogP contribution is 2.16. The normalized spacial score (nSPS) is 19.4. The minimum absolute atomic E-state index is 0.0278. The number of methoxy groups -OCH3 is 1. The van der Waals surface area contributed by atoms with Gasteiger partial charge in [-0.25, -0.2) is 0 Å². The number of amides is 1. The highest BCUT2D eigenvalue weighted by atomic mass is 16.5. The van der Waals surface area contributed by atoms with Crippen molar-refractivity contribution in [1.29, 1.82) is 0 Å². The van der Waals surface area contributed by atoms with E-state index in [9.17, 15) is 4.79 Å². The number of ether oxygens (including phenoxy) is 1. The largest absolute Gasteiger partial charge is 0.496 e. The second-order valence-electron chi connectivity index (χ2n) is 4.87. The lowest BCUT2D eigenvalue weighted by Gasteiger charge is -2.15. The van der Waals surface area contributed by atoms with Crippen molar-refractivity contribution in [2.24, 2.45) is 5.73 Å². The molecule has 1 fully saturated rings. The molecule has 0 spiro atoms. The first-order valence-electron chi connectivity index (χ1n) is 6.55. The minimum atomic E-state index is 0.0278. The predicted molar refractivity (Wildman–Crippen MR) is 73.9 cm³/mol. The zero-order valence-electron chi connectivity index (χ0n) is 11.3. The van der Waals surface area contributed by atoms with Gasteiger partial charge in [0.1, 0.15) is 5.75 Å². The van der Waals surface area contributed by atoms with Gasteiger partial charge in [0.25, 0.3) is 0 Å². The summed E-state index contributed by atoms with van der Waals surface area (Å²) in [5.41, 5.74) is 6.80. The highest BCUT2D eigenvalue weighted by Gasteiger charge is 2.20. The number of hydrogen-bond donors (Lipinski definition) is 2. The van der Waals surface area contributed by atoms with Crippen molar-refractivity contribution >= 4 is 5.91 Å². The van der Waals surface area contributed by atoms with Gasteiger partial charge >= 0.3 is 0 Å². The minimum Gasteiger partial charge on any atom is -0.496 e. The van der Waals surface area contributed by atoms with E-state index in [-0.39, 0.29) is 11.9 Å². The van der Waals surface area contributed by atoms with Gasteiger partial charge in [0.15, 0.2) is 0 Å². The average Bonchev–Trinajstić information content (AvgIpc) is 2.82. The van der Waals surface area contributed by atoms with E-state index in [4.69, 9.17) is 10.5 Å². The first kappa shape index (κ1) is 13.8.